The second kappa shape index (κ2) is 12.7. The molecule has 3 aromatic rings. The van der Waals surface area contributed by atoms with Gasteiger partial charge in [0.05, 0.1) is 0 Å². The van der Waals surface area contributed by atoms with Crippen LogP contribution in [0, 0.1) is 0 Å². The molecule has 1 amide bonds. The van der Waals surface area contributed by atoms with Crippen LogP contribution < -0.4 is 14.8 Å². The van der Waals surface area contributed by atoms with Gasteiger partial charge in [-0.05, 0) is 67.5 Å². The Labute approximate surface area is 213 Å². The van der Waals surface area contributed by atoms with Crippen molar-refractivity contribution in [2.24, 2.45) is 0 Å². The van der Waals surface area contributed by atoms with Crippen molar-refractivity contribution in [2.75, 3.05) is 19.4 Å². The minimum Gasteiger partial charge on any atom is -0.489 e. The number of anilines is 1. The molecule has 0 aliphatic carbocycles. The molecule has 1 atom stereocenters. The number of halogens is 3. The van der Waals surface area contributed by atoms with E-state index in [1.54, 1.807) is 12.1 Å². The van der Waals surface area contributed by atoms with Crippen molar-refractivity contribution in [1.29, 1.82) is 0 Å². The van der Waals surface area contributed by atoms with E-state index in [-0.39, 0.29) is 24.0 Å². The van der Waals surface area contributed by atoms with Crippen LogP contribution in [0.1, 0.15) is 36.0 Å². The summed E-state index contributed by atoms with van der Waals surface area (Å²) in [6, 6.07) is 20.3. The van der Waals surface area contributed by atoms with Gasteiger partial charge >= 0.3 is 6.61 Å². The van der Waals surface area contributed by atoms with E-state index in [2.05, 4.69) is 26.0 Å². The summed E-state index contributed by atoms with van der Waals surface area (Å²) < 4.78 is 37.1. The fourth-order valence-corrected chi connectivity index (χ4v) is 4.08. The molecule has 0 aliphatic heterocycles. The number of carbonyl (C=O) groups is 1. The molecule has 1 N–H and O–H groups in total. The Morgan fingerprint density at radius 1 is 1.03 bits per heavy atom. The fraction of sp³-hybridized carbons (Fsp3) is 0.296. The Hall–Kier alpha value is -2.97. The lowest BCUT2D eigenvalue weighted by molar-refractivity contribution is -0.116. The van der Waals surface area contributed by atoms with Crippen molar-refractivity contribution < 1.29 is 23.0 Å². The number of amides is 1. The van der Waals surface area contributed by atoms with Gasteiger partial charge in [0.25, 0.3) is 0 Å². The zero-order valence-corrected chi connectivity index (χ0v) is 21.5. The maximum atomic E-state index is 12.8. The molecule has 3 aromatic carbocycles. The molecule has 8 heteroatoms. The highest BCUT2D eigenvalue weighted by Gasteiger charge is 2.18. The topological polar surface area (TPSA) is 50.8 Å². The minimum atomic E-state index is -2.92. The molecule has 5 nitrogen and oxygen atoms in total. The van der Waals surface area contributed by atoms with Crippen LogP contribution >= 0.6 is 15.9 Å². The van der Waals surface area contributed by atoms with Gasteiger partial charge in [-0.1, -0.05) is 53.2 Å². The Kier molecular flexibility index (Phi) is 9.63. The van der Waals surface area contributed by atoms with Gasteiger partial charge in [0, 0.05) is 28.7 Å². The van der Waals surface area contributed by atoms with Gasteiger partial charge in [-0.3, -0.25) is 4.79 Å². The summed E-state index contributed by atoms with van der Waals surface area (Å²) in [7, 11) is 3.66. The Morgan fingerprint density at radius 3 is 2.43 bits per heavy atom. The van der Waals surface area contributed by atoms with Gasteiger partial charge in [0.1, 0.15) is 18.1 Å². The second-order valence-corrected chi connectivity index (χ2v) is 9.46. The maximum Gasteiger partial charge on any atom is 0.387 e. The molecule has 3 rings (SSSR count). The third-order valence-corrected chi connectivity index (χ3v) is 5.77. The van der Waals surface area contributed by atoms with Crippen molar-refractivity contribution >= 4 is 27.5 Å². The maximum absolute atomic E-state index is 12.8. The number of alkyl halides is 2. The van der Waals surface area contributed by atoms with Crippen LogP contribution in [0.15, 0.2) is 71.2 Å². The van der Waals surface area contributed by atoms with Crippen molar-refractivity contribution in [1.82, 2.24) is 4.90 Å². The fourth-order valence-electron chi connectivity index (χ4n) is 3.70. The standard InChI is InChI=1S/C27H29BrF2N2O3/c1-18(23-15-21(28)9-11-25(23)34-17-19-7-5-4-6-8-19)13-26(33)31-22-10-12-24(35-27(29)30)20(14-22)16-32(2)3/h4-12,14-15,18,27H,13,16-17H2,1-3H3,(H,31,33)/t18-/m1/s1. The number of carbonyl (C=O) groups excluding carboxylic acids is 1. The van der Waals surface area contributed by atoms with Crippen molar-refractivity contribution in [3.63, 3.8) is 0 Å². The van der Waals surface area contributed by atoms with Crippen LogP contribution in [0.25, 0.3) is 0 Å². The number of rotatable bonds is 11. The lowest BCUT2D eigenvalue weighted by Crippen LogP contribution is -2.16. The van der Waals surface area contributed by atoms with Crippen LogP contribution in [-0.4, -0.2) is 31.5 Å². The molecule has 0 aromatic heterocycles. The van der Waals surface area contributed by atoms with Crippen LogP contribution in [0.3, 0.4) is 0 Å². The highest BCUT2D eigenvalue weighted by atomic mass is 79.9. The summed E-state index contributed by atoms with van der Waals surface area (Å²) in [5, 5.41) is 2.88. The van der Waals surface area contributed by atoms with Crippen LogP contribution in [0.2, 0.25) is 0 Å². The first-order chi connectivity index (χ1) is 16.7. The molecule has 0 saturated heterocycles. The quantitative estimate of drug-likeness (QED) is 0.286. The van der Waals surface area contributed by atoms with Crippen molar-refractivity contribution in [3.05, 3.63) is 87.9 Å². The van der Waals surface area contributed by atoms with Gasteiger partial charge in [0.2, 0.25) is 5.91 Å². The largest absolute Gasteiger partial charge is 0.489 e. The number of hydrogen-bond acceptors (Lipinski definition) is 4. The predicted octanol–water partition coefficient (Wildman–Crippen LogP) is 6.82. The Balaban J connectivity index is 1.69. The number of nitrogens with zero attached hydrogens (tertiary/aromatic N) is 1. The van der Waals surface area contributed by atoms with Gasteiger partial charge < -0.3 is 19.7 Å². The third kappa shape index (κ3) is 8.33. The molecule has 186 valence electrons. The van der Waals surface area contributed by atoms with E-state index in [1.165, 1.54) is 6.07 Å². The van der Waals surface area contributed by atoms with Crippen molar-refractivity contribution in [3.8, 4) is 11.5 Å². The number of hydrogen-bond donors (Lipinski definition) is 1. The van der Waals surface area contributed by atoms with Gasteiger partial charge in [-0.25, -0.2) is 0 Å². The van der Waals surface area contributed by atoms with E-state index in [9.17, 15) is 13.6 Å². The second-order valence-electron chi connectivity index (χ2n) is 8.55. The van der Waals surface area contributed by atoms with Gasteiger partial charge in [-0.2, -0.15) is 8.78 Å². The molecule has 35 heavy (non-hydrogen) atoms. The van der Waals surface area contributed by atoms with Gasteiger partial charge in [-0.15, -0.1) is 0 Å². The molecule has 0 bridgehead atoms. The highest BCUT2D eigenvalue weighted by Crippen LogP contribution is 2.33. The van der Waals surface area contributed by atoms with Crippen LogP contribution in [-0.2, 0) is 17.9 Å². The molecule has 0 aliphatic rings. The Morgan fingerprint density at radius 2 is 1.74 bits per heavy atom. The third-order valence-electron chi connectivity index (χ3n) is 5.28. The van der Waals surface area contributed by atoms with E-state index < -0.39 is 6.61 Å². The molecule has 0 spiro atoms. The van der Waals surface area contributed by atoms with E-state index in [0.717, 1.165) is 21.3 Å². The molecule has 0 unspecified atom stereocenters. The number of ether oxygens (including phenoxy) is 2. The monoisotopic (exact) mass is 546 g/mol. The lowest BCUT2D eigenvalue weighted by Gasteiger charge is -2.19. The normalized spacial score (nSPS) is 12.0. The smallest absolute Gasteiger partial charge is 0.387 e. The van der Waals surface area contributed by atoms with Crippen molar-refractivity contribution in [2.45, 2.75) is 39.0 Å². The minimum absolute atomic E-state index is 0.0920. The molecule has 0 fully saturated rings. The van der Waals surface area contributed by atoms with Crippen LogP contribution in [0.4, 0.5) is 14.5 Å². The highest BCUT2D eigenvalue weighted by molar-refractivity contribution is 9.10. The number of benzene rings is 3. The SMILES string of the molecule is C[C@H](CC(=O)Nc1ccc(OC(F)F)c(CN(C)C)c1)c1cc(Br)ccc1OCc1ccccc1. The molecular weight excluding hydrogens is 518 g/mol. The average molecular weight is 547 g/mol. The summed E-state index contributed by atoms with van der Waals surface area (Å²) in [6.07, 6.45) is 0.219. The first-order valence-corrected chi connectivity index (χ1v) is 12.0. The predicted molar refractivity (Wildman–Crippen MR) is 137 cm³/mol. The summed E-state index contributed by atoms with van der Waals surface area (Å²) in [6.45, 7) is -0.132. The zero-order valence-electron chi connectivity index (χ0n) is 19.9. The van der Waals surface area contributed by atoms with E-state index in [0.29, 0.717) is 24.4 Å². The Bertz CT molecular complexity index is 1130. The zero-order chi connectivity index (χ0) is 25.4. The molecular formula is C27H29BrF2N2O3. The molecule has 0 heterocycles. The van der Waals surface area contributed by atoms with E-state index in [1.807, 2.05) is 74.4 Å². The van der Waals surface area contributed by atoms with E-state index in [4.69, 9.17) is 4.74 Å². The first-order valence-electron chi connectivity index (χ1n) is 11.2. The van der Waals surface area contributed by atoms with Crippen LogP contribution in [0.5, 0.6) is 11.5 Å². The lowest BCUT2D eigenvalue weighted by atomic mass is 9.96. The summed E-state index contributed by atoms with van der Waals surface area (Å²) in [4.78, 5) is 14.7. The molecule has 0 radical (unpaired) electrons. The molecule has 0 saturated carbocycles. The summed E-state index contributed by atoms with van der Waals surface area (Å²) in [5.41, 5.74) is 3.05. The summed E-state index contributed by atoms with van der Waals surface area (Å²) in [5.74, 6) is 0.499. The average Bonchev–Trinajstić information content (AvgIpc) is 2.80. The number of nitrogens with one attached hydrogen (secondary N) is 1. The van der Waals surface area contributed by atoms with Gasteiger partial charge in [0.15, 0.2) is 0 Å². The van der Waals surface area contributed by atoms with E-state index >= 15 is 0 Å². The first kappa shape index (κ1) is 26.6. The summed E-state index contributed by atoms with van der Waals surface area (Å²) >= 11 is 3.51.